The fourth-order valence-electron chi connectivity index (χ4n) is 3.59. The lowest BCUT2D eigenvalue weighted by Gasteiger charge is -2.36. The van der Waals surface area contributed by atoms with E-state index in [1.807, 2.05) is 77.7 Å². The quantitative estimate of drug-likeness (QED) is 0.537. The molecule has 4 rings (SSSR count). The highest BCUT2D eigenvalue weighted by Gasteiger charge is 2.27. The number of anilines is 1. The fourth-order valence-corrected chi connectivity index (χ4v) is 3.59. The molecule has 1 aliphatic rings. The molecule has 2 atom stereocenters. The highest BCUT2D eigenvalue weighted by molar-refractivity contribution is 5.96. The van der Waals surface area contributed by atoms with E-state index >= 15 is 0 Å². The fraction of sp³-hybridized carbons (Fsp3) is 0.240. The van der Waals surface area contributed by atoms with Gasteiger partial charge in [0.05, 0.1) is 12.6 Å². The number of guanidine groups is 1. The van der Waals surface area contributed by atoms with Crippen molar-refractivity contribution in [3.8, 4) is 11.5 Å². The van der Waals surface area contributed by atoms with E-state index in [0.29, 0.717) is 19.7 Å². The molecule has 3 aromatic rings. The zero-order valence-electron chi connectivity index (χ0n) is 17.6. The predicted octanol–water partition coefficient (Wildman–Crippen LogP) is 4.27. The summed E-state index contributed by atoms with van der Waals surface area (Å²) in [7, 11) is 0. The summed E-state index contributed by atoms with van der Waals surface area (Å²) < 4.78 is 12.2. The van der Waals surface area contributed by atoms with Crippen LogP contribution in [0.2, 0.25) is 0 Å². The Morgan fingerprint density at radius 2 is 1.58 bits per heavy atom. The van der Waals surface area contributed by atoms with E-state index < -0.39 is 6.23 Å². The third-order valence-electron chi connectivity index (χ3n) is 5.15. The second-order valence-corrected chi connectivity index (χ2v) is 7.32. The Kier molecular flexibility index (Phi) is 6.69. The maximum absolute atomic E-state index is 6.23. The van der Waals surface area contributed by atoms with E-state index in [0.717, 1.165) is 23.1 Å². The third-order valence-corrected chi connectivity index (χ3v) is 5.15. The van der Waals surface area contributed by atoms with E-state index in [4.69, 9.17) is 20.2 Å². The van der Waals surface area contributed by atoms with Crippen molar-refractivity contribution < 1.29 is 9.47 Å². The van der Waals surface area contributed by atoms with Crippen molar-refractivity contribution in [3.05, 3.63) is 90.5 Å². The minimum atomic E-state index is -0.398. The molecule has 0 saturated carbocycles. The monoisotopic (exact) mass is 416 g/mol. The molecule has 0 bridgehead atoms. The molecule has 0 spiro atoms. The van der Waals surface area contributed by atoms with Crippen LogP contribution in [0.1, 0.15) is 18.5 Å². The van der Waals surface area contributed by atoms with Crippen molar-refractivity contribution >= 4 is 11.6 Å². The Labute approximate surface area is 183 Å². The molecule has 2 unspecified atom stereocenters. The third kappa shape index (κ3) is 5.16. The Morgan fingerprint density at radius 3 is 2.29 bits per heavy atom. The molecule has 0 radical (unpaired) electrons. The first-order chi connectivity index (χ1) is 15.2. The molecule has 6 nitrogen and oxygen atoms in total. The molecule has 31 heavy (non-hydrogen) atoms. The Morgan fingerprint density at radius 1 is 0.935 bits per heavy atom. The van der Waals surface area contributed by atoms with Gasteiger partial charge in [0.15, 0.2) is 6.23 Å². The lowest BCUT2D eigenvalue weighted by atomic mass is 10.1. The van der Waals surface area contributed by atoms with Gasteiger partial charge < -0.3 is 25.4 Å². The zero-order valence-corrected chi connectivity index (χ0v) is 17.6. The second-order valence-electron chi connectivity index (χ2n) is 7.32. The number of hydrogen-bond donors (Lipinski definition) is 2. The van der Waals surface area contributed by atoms with Gasteiger partial charge in [-0.2, -0.15) is 0 Å². The summed E-state index contributed by atoms with van der Waals surface area (Å²) in [5.41, 5.74) is 8.36. The van der Waals surface area contributed by atoms with Crippen LogP contribution in [-0.4, -0.2) is 36.8 Å². The van der Waals surface area contributed by atoms with Gasteiger partial charge in [-0.1, -0.05) is 54.6 Å². The van der Waals surface area contributed by atoms with Crippen molar-refractivity contribution in [2.75, 3.05) is 25.0 Å². The van der Waals surface area contributed by atoms with Crippen molar-refractivity contribution in [1.29, 1.82) is 0 Å². The van der Waals surface area contributed by atoms with Gasteiger partial charge in [0.1, 0.15) is 18.1 Å². The maximum Gasteiger partial charge on any atom is 0.202 e. The van der Waals surface area contributed by atoms with Gasteiger partial charge in [-0.3, -0.25) is 0 Å². The van der Waals surface area contributed by atoms with Crippen LogP contribution >= 0.6 is 0 Å². The van der Waals surface area contributed by atoms with Gasteiger partial charge in [0, 0.05) is 12.2 Å². The van der Waals surface area contributed by atoms with Gasteiger partial charge in [-0.05, 0) is 42.8 Å². The van der Waals surface area contributed by atoms with E-state index in [-0.39, 0.29) is 6.04 Å². The number of fused-ring (bicyclic) bond motifs is 1. The van der Waals surface area contributed by atoms with Crippen LogP contribution in [-0.2, 0) is 0 Å². The molecule has 0 fully saturated rings. The molecule has 1 heterocycles. The number of nitrogens with two attached hydrogens (primary N) is 1. The van der Waals surface area contributed by atoms with Crippen LogP contribution in [0.4, 0.5) is 5.69 Å². The number of rotatable bonds is 8. The summed E-state index contributed by atoms with van der Waals surface area (Å²) in [6.45, 7) is 3.42. The Hall–Kier alpha value is -3.51. The Balaban J connectivity index is 1.55. The largest absolute Gasteiger partial charge is 0.492 e. The number of nitrogens with one attached hydrogen (secondary N) is 1. The number of hydrogen-bond acceptors (Lipinski definition) is 6. The summed E-state index contributed by atoms with van der Waals surface area (Å²) in [5, 5.41) is 3.46. The molecule has 3 N–H and O–H groups in total. The number of nitrogens with zero attached hydrogens (tertiary/aromatic N) is 2. The van der Waals surface area contributed by atoms with E-state index in [1.165, 1.54) is 5.56 Å². The molecule has 1 aliphatic heterocycles. The van der Waals surface area contributed by atoms with E-state index in [9.17, 15) is 0 Å². The zero-order chi connectivity index (χ0) is 21.5. The maximum atomic E-state index is 6.23. The molecule has 3 aromatic carbocycles. The SMILES string of the molecule is CC1N=C(N(CCOc2ccccc2)C(CN)Oc2ccccc2)Nc2ccccc21. The van der Waals surface area contributed by atoms with Gasteiger partial charge in [0.2, 0.25) is 5.96 Å². The summed E-state index contributed by atoms with van der Waals surface area (Å²) in [6.07, 6.45) is -0.398. The first kappa shape index (κ1) is 20.8. The smallest absolute Gasteiger partial charge is 0.202 e. The van der Waals surface area contributed by atoms with Crippen LogP contribution in [0.5, 0.6) is 11.5 Å². The summed E-state index contributed by atoms with van der Waals surface area (Å²) in [5.74, 6) is 2.32. The van der Waals surface area contributed by atoms with Gasteiger partial charge in [-0.15, -0.1) is 0 Å². The van der Waals surface area contributed by atoms with Crippen molar-refractivity contribution in [3.63, 3.8) is 0 Å². The lowest BCUT2D eigenvalue weighted by Crippen LogP contribution is -2.52. The average molecular weight is 417 g/mol. The molecular weight excluding hydrogens is 388 g/mol. The van der Waals surface area contributed by atoms with Crippen LogP contribution in [0.25, 0.3) is 0 Å². The van der Waals surface area contributed by atoms with Crippen LogP contribution in [0.15, 0.2) is 89.9 Å². The highest BCUT2D eigenvalue weighted by Crippen LogP contribution is 2.30. The molecule has 160 valence electrons. The molecular formula is C25H28N4O2. The molecule has 0 aromatic heterocycles. The minimum Gasteiger partial charge on any atom is -0.492 e. The number of aliphatic imine (C=N–C) groups is 1. The summed E-state index contributed by atoms with van der Waals surface area (Å²) >= 11 is 0. The molecule has 6 heteroatoms. The lowest BCUT2D eigenvalue weighted by molar-refractivity contribution is 0.0743. The molecule has 0 saturated heterocycles. The standard InChI is InChI=1S/C25H28N4O2/c1-19-22-14-8-9-15-23(22)28-25(27-19)29(16-17-30-20-10-4-2-5-11-20)24(18-26)31-21-12-6-3-7-13-21/h2-15,19,24H,16-18,26H2,1H3,(H,27,28). The predicted molar refractivity (Wildman–Crippen MR) is 124 cm³/mol. The summed E-state index contributed by atoms with van der Waals surface area (Å²) in [6, 6.07) is 27.7. The highest BCUT2D eigenvalue weighted by atomic mass is 16.5. The Bertz CT molecular complexity index is 995. The number of benzene rings is 3. The van der Waals surface area contributed by atoms with Crippen LogP contribution in [0, 0.1) is 0 Å². The van der Waals surface area contributed by atoms with Gasteiger partial charge in [0.25, 0.3) is 0 Å². The minimum absolute atomic E-state index is 0.0279. The van der Waals surface area contributed by atoms with Crippen LogP contribution < -0.4 is 20.5 Å². The van der Waals surface area contributed by atoms with Gasteiger partial charge in [-0.25, -0.2) is 4.99 Å². The second kappa shape index (κ2) is 10.00. The summed E-state index contributed by atoms with van der Waals surface area (Å²) in [4.78, 5) is 6.94. The van der Waals surface area contributed by atoms with Gasteiger partial charge >= 0.3 is 0 Å². The normalized spacial score (nSPS) is 15.8. The molecule has 0 amide bonds. The van der Waals surface area contributed by atoms with E-state index in [2.05, 4.69) is 24.4 Å². The average Bonchev–Trinajstić information content (AvgIpc) is 2.82. The topological polar surface area (TPSA) is 72.1 Å². The first-order valence-corrected chi connectivity index (χ1v) is 10.5. The molecule has 0 aliphatic carbocycles. The van der Waals surface area contributed by atoms with Crippen molar-refractivity contribution in [1.82, 2.24) is 4.90 Å². The van der Waals surface area contributed by atoms with Crippen molar-refractivity contribution in [2.45, 2.75) is 19.2 Å². The van der Waals surface area contributed by atoms with Crippen molar-refractivity contribution in [2.24, 2.45) is 10.7 Å². The number of para-hydroxylation sites is 3. The first-order valence-electron chi connectivity index (χ1n) is 10.5. The van der Waals surface area contributed by atoms with E-state index in [1.54, 1.807) is 0 Å². The van der Waals surface area contributed by atoms with Crippen LogP contribution in [0.3, 0.4) is 0 Å². The number of ether oxygens (including phenoxy) is 2.